The molecule has 2 fully saturated rings. The van der Waals surface area contributed by atoms with Gasteiger partial charge in [-0.25, -0.2) is 4.98 Å². The Hall–Kier alpha value is -3.44. The number of hydrogen-bond acceptors (Lipinski definition) is 9. The predicted octanol–water partition coefficient (Wildman–Crippen LogP) is 2.84. The Morgan fingerprint density at radius 2 is 2.09 bits per heavy atom. The molecule has 2 N–H and O–H groups in total. The minimum atomic E-state index is -0.246. The number of anilines is 3. The summed E-state index contributed by atoms with van der Waals surface area (Å²) in [7, 11) is 2.02. The van der Waals surface area contributed by atoms with Crippen LogP contribution in [0.5, 0.6) is 0 Å². The van der Waals surface area contributed by atoms with Gasteiger partial charge in [0.1, 0.15) is 6.07 Å². The summed E-state index contributed by atoms with van der Waals surface area (Å²) in [4.78, 5) is 11.0. The number of fused-ring (bicyclic) bond motifs is 1. The van der Waals surface area contributed by atoms with E-state index in [2.05, 4.69) is 42.7 Å². The van der Waals surface area contributed by atoms with Crippen molar-refractivity contribution >= 4 is 34.7 Å². The van der Waals surface area contributed by atoms with Crippen LogP contribution in [-0.2, 0) is 4.74 Å². The lowest BCUT2D eigenvalue weighted by atomic mass is 10.0. The molecule has 10 nitrogen and oxygen atoms in total. The molecule has 3 aromatic rings. The molecule has 2 aliphatic rings. The fourth-order valence-corrected chi connectivity index (χ4v) is 3.93. The van der Waals surface area contributed by atoms with Gasteiger partial charge in [-0.15, -0.1) is 5.10 Å². The third-order valence-electron chi connectivity index (χ3n) is 5.49. The summed E-state index contributed by atoms with van der Waals surface area (Å²) in [6.45, 7) is 2.10. The second-order valence-electron chi connectivity index (χ2n) is 7.98. The molecular weight excluding hydrogens is 430 g/mol. The number of benzene rings is 1. The van der Waals surface area contributed by atoms with E-state index in [1.54, 1.807) is 12.1 Å². The van der Waals surface area contributed by atoms with Gasteiger partial charge in [-0.3, -0.25) is 0 Å². The Kier molecular flexibility index (Phi) is 5.27. The number of nitrogens with zero attached hydrogens (tertiary/aromatic N) is 7. The maximum atomic E-state index is 9.56. The summed E-state index contributed by atoms with van der Waals surface area (Å²) in [6.07, 6.45) is 3.33. The van der Waals surface area contributed by atoms with Crippen LogP contribution in [0.3, 0.4) is 0 Å². The highest BCUT2D eigenvalue weighted by Crippen LogP contribution is 2.36. The molecule has 32 heavy (non-hydrogen) atoms. The minimum Gasteiger partial charge on any atom is -0.371 e. The summed E-state index contributed by atoms with van der Waals surface area (Å²) >= 11 is 6.75. The van der Waals surface area contributed by atoms with Crippen LogP contribution < -0.4 is 10.6 Å². The van der Waals surface area contributed by atoms with Crippen LogP contribution in [0.2, 0.25) is 5.02 Å². The van der Waals surface area contributed by atoms with Gasteiger partial charge < -0.3 is 20.3 Å². The molecule has 2 aromatic heterocycles. The molecule has 1 aliphatic carbocycles. The predicted molar refractivity (Wildman–Crippen MR) is 118 cm³/mol. The Morgan fingerprint density at radius 1 is 1.25 bits per heavy atom. The standard InChI is InChI=1S/C21H20ClN9O/c1-30-4-5-32-17(11-30)15-6-12(8-23)7-16(18(15)22)27-21-28-19(26-13-2-3-13)20-25-10-14(9-24)31(20)29-21/h6-7,10,13,17H,2-5,11H2,1H3,(H2,26,27,28,29). The van der Waals surface area contributed by atoms with Crippen LogP contribution in [0.4, 0.5) is 17.5 Å². The molecule has 0 radical (unpaired) electrons. The van der Waals surface area contributed by atoms with Gasteiger partial charge in [0.2, 0.25) is 5.95 Å². The lowest BCUT2D eigenvalue weighted by molar-refractivity contribution is -0.0208. The molecule has 1 saturated heterocycles. The van der Waals surface area contributed by atoms with Crippen molar-refractivity contribution in [2.24, 2.45) is 0 Å². The van der Waals surface area contributed by atoms with Crippen molar-refractivity contribution in [1.82, 2.24) is 24.5 Å². The lowest BCUT2D eigenvalue weighted by Crippen LogP contribution is -2.35. The van der Waals surface area contributed by atoms with Crippen molar-refractivity contribution in [2.75, 3.05) is 37.4 Å². The number of hydrogen-bond donors (Lipinski definition) is 2. The van der Waals surface area contributed by atoms with Crippen LogP contribution in [0.1, 0.15) is 35.8 Å². The number of nitrogens with one attached hydrogen (secondary N) is 2. The fourth-order valence-electron chi connectivity index (χ4n) is 3.65. The van der Waals surface area contributed by atoms with Crippen LogP contribution in [0.15, 0.2) is 18.3 Å². The number of imidazole rings is 1. The van der Waals surface area contributed by atoms with E-state index in [0.29, 0.717) is 52.6 Å². The molecule has 11 heteroatoms. The molecule has 1 aliphatic heterocycles. The molecule has 1 unspecified atom stereocenters. The normalized spacial score (nSPS) is 18.8. The first-order valence-electron chi connectivity index (χ1n) is 10.3. The van der Waals surface area contributed by atoms with Gasteiger partial charge in [0.25, 0.3) is 0 Å². The highest BCUT2D eigenvalue weighted by molar-refractivity contribution is 6.34. The zero-order valence-corrected chi connectivity index (χ0v) is 18.1. The van der Waals surface area contributed by atoms with Crippen molar-refractivity contribution in [3.8, 4) is 12.1 Å². The summed E-state index contributed by atoms with van der Waals surface area (Å²) in [5, 5.41) is 30.3. The first kappa shape index (κ1) is 20.5. The fraction of sp³-hybridized carbons (Fsp3) is 0.381. The number of nitriles is 2. The Labute approximate surface area is 189 Å². The van der Waals surface area contributed by atoms with E-state index in [9.17, 15) is 10.5 Å². The molecule has 5 rings (SSSR count). The molecule has 3 heterocycles. The Bertz CT molecular complexity index is 1270. The molecule has 0 bridgehead atoms. The highest BCUT2D eigenvalue weighted by Gasteiger charge is 2.26. The van der Waals surface area contributed by atoms with Crippen molar-refractivity contribution < 1.29 is 4.74 Å². The quantitative estimate of drug-likeness (QED) is 0.604. The minimum absolute atomic E-state index is 0.236. The van der Waals surface area contributed by atoms with E-state index in [1.165, 1.54) is 10.7 Å². The average molecular weight is 450 g/mol. The third-order valence-corrected chi connectivity index (χ3v) is 5.91. The van der Waals surface area contributed by atoms with Crippen LogP contribution in [-0.4, -0.2) is 57.3 Å². The van der Waals surface area contributed by atoms with Gasteiger partial charge in [0.05, 0.1) is 41.3 Å². The summed E-state index contributed by atoms with van der Waals surface area (Å²) in [5.74, 6) is 0.774. The number of aromatic nitrogens is 4. The van der Waals surface area contributed by atoms with Crippen LogP contribution >= 0.6 is 11.6 Å². The Morgan fingerprint density at radius 3 is 2.81 bits per heavy atom. The van der Waals surface area contributed by atoms with Gasteiger partial charge in [-0.1, -0.05) is 11.6 Å². The summed E-state index contributed by atoms with van der Waals surface area (Å²) < 4.78 is 7.36. The van der Waals surface area contributed by atoms with Crippen molar-refractivity contribution in [3.05, 3.63) is 40.2 Å². The number of morpholine rings is 1. The van der Waals surface area contributed by atoms with Crippen molar-refractivity contribution in [1.29, 1.82) is 10.5 Å². The molecule has 1 aromatic carbocycles. The monoisotopic (exact) mass is 449 g/mol. The first-order chi connectivity index (χ1) is 15.6. The maximum Gasteiger partial charge on any atom is 0.247 e. The Balaban J connectivity index is 1.55. The van der Waals surface area contributed by atoms with Crippen LogP contribution in [0.25, 0.3) is 5.65 Å². The number of rotatable bonds is 5. The van der Waals surface area contributed by atoms with Crippen molar-refractivity contribution in [2.45, 2.75) is 25.0 Å². The largest absolute Gasteiger partial charge is 0.371 e. The topological polar surface area (TPSA) is 127 Å². The molecule has 162 valence electrons. The number of likely N-dealkylation sites (N-methyl/N-ethyl adjacent to an activating group) is 1. The van der Waals surface area contributed by atoms with Gasteiger partial charge in [0.15, 0.2) is 17.2 Å². The highest BCUT2D eigenvalue weighted by atomic mass is 35.5. The van der Waals surface area contributed by atoms with Gasteiger partial charge in [-0.2, -0.15) is 20.0 Å². The molecule has 0 amide bonds. The van der Waals surface area contributed by atoms with Crippen LogP contribution in [0, 0.1) is 22.7 Å². The van der Waals surface area contributed by atoms with E-state index in [1.807, 2.05) is 7.05 Å². The van der Waals surface area contributed by atoms with E-state index in [-0.39, 0.29) is 12.1 Å². The smallest absolute Gasteiger partial charge is 0.247 e. The number of ether oxygens (including phenoxy) is 1. The first-order valence-corrected chi connectivity index (χ1v) is 10.7. The average Bonchev–Trinajstić information content (AvgIpc) is 3.51. The van der Waals surface area contributed by atoms with Gasteiger partial charge >= 0.3 is 0 Å². The number of halogens is 1. The molecular formula is C21H20ClN9O. The zero-order chi connectivity index (χ0) is 22.2. The van der Waals surface area contributed by atoms with E-state index < -0.39 is 0 Å². The van der Waals surface area contributed by atoms with E-state index in [4.69, 9.17) is 16.3 Å². The van der Waals surface area contributed by atoms with E-state index in [0.717, 1.165) is 24.9 Å². The SMILES string of the molecule is CN1CCOC(c2cc(C#N)cc(Nc3nc(NC4CC4)c4ncc(C#N)n4n3)c2Cl)C1. The summed E-state index contributed by atoms with van der Waals surface area (Å²) in [5.41, 5.74) is 2.45. The summed E-state index contributed by atoms with van der Waals surface area (Å²) in [6, 6.07) is 8.01. The lowest BCUT2D eigenvalue weighted by Gasteiger charge is -2.31. The van der Waals surface area contributed by atoms with E-state index >= 15 is 0 Å². The van der Waals surface area contributed by atoms with Gasteiger partial charge in [-0.05, 0) is 32.0 Å². The molecule has 1 saturated carbocycles. The van der Waals surface area contributed by atoms with Crippen molar-refractivity contribution in [3.63, 3.8) is 0 Å². The molecule has 1 atom stereocenters. The second-order valence-corrected chi connectivity index (χ2v) is 8.36. The maximum absolute atomic E-state index is 9.56. The zero-order valence-electron chi connectivity index (χ0n) is 17.3. The second kappa shape index (κ2) is 8.24. The molecule has 0 spiro atoms. The third kappa shape index (κ3) is 3.92. The van der Waals surface area contributed by atoms with Gasteiger partial charge in [0, 0.05) is 24.7 Å².